The fourth-order valence-electron chi connectivity index (χ4n) is 5.62. The molecular weight excluding hydrogens is 560 g/mol. The normalized spacial score (nSPS) is 21.6. The lowest BCUT2D eigenvalue weighted by Crippen LogP contribution is -2.62. The number of methoxy groups -OCH3 is 2. The lowest BCUT2D eigenvalue weighted by Gasteiger charge is -2.52. The highest BCUT2D eigenvalue weighted by Crippen LogP contribution is 2.48. The van der Waals surface area contributed by atoms with Crippen molar-refractivity contribution in [2.75, 3.05) is 25.7 Å². The summed E-state index contributed by atoms with van der Waals surface area (Å²) in [6, 6.07) is 9.19. The predicted molar refractivity (Wildman–Crippen MR) is 141 cm³/mol. The number of benzene rings is 2. The molecule has 224 valence electrons. The molecule has 42 heavy (non-hydrogen) atoms. The van der Waals surface area contributed by atoms with E-state index in [-0.39, 0.29) is 43.0 Å². The summed E-state index contributed by atoms with van der Waals surface area (Å²) >= 11 is 0. The summed E-state index contributed by atoms with van der Waals surface area (Å²) in [6.45, 7) is 1.05. The Labute approximate surface area is 240 Å². The molecule has 1 spiro atoms. The van der Waals surface area contributed by atoms with Crippen LogP contribution in [0.2, 0.25) is 0 Å². The van der Waals surface area contributed by atoms with E-state index < -0.39 is 59.7 Å². The molecule has 2 aromatic carbocycles. The molecule has 1 aliphatic carbocycles. The lowest BCUT2D eigenvalue weighted by atomic mass is 9.64. The number of nitrogens with zero attached hydrogens (tertiary/aromatic N) is 3. The Hall–Kier alpha value is -4.02. The van der Waals surface area contributed by atoms with Gasteiger partial charge in [0, 0.05) is 26.7 Å². The predicted octanol–water partition coefficient (Wildman–Crippen LogP) is 3.75. The molecule has 2 aromatic rings. The maximum Gasteiger partial charge on any atom is 0.416 e. The van der Waals surface area contributed by atoms with Gasteiger partial charge >= 0.3 is 6.18 Å². The van der Waals surface area contributed by atoms with Crippen LogP contribution in [-0.4, -0.2) is 61.3 Å². The average Bonchev–Trinajstić information content (AvgIpc) is 3.02. The van der Waals surface area contributed by atoms with Crippen LogP contribution in [0.1, 0.15) is 42.9 Å². The molecule has 1 saturated carbocycles. The fraction of sp³-hybridized carbons (Fsp3) is 0.448. The number of carbonyl (C=O) groups excluding carboxylic acids is 3. The zero-order valence-corrected chi connectivity index (χ0v) is 23.2. The summed E-state index contributed by atoms with van der Waals surface area (Å²) in [5.74, 6) is -2.88. The number of ether oxygens (including phenoxy) is 2. The van der Waals surface area contributed by atoms with E-state index in [0.29, 0.717) is 5.56 Å². The van der Waals surface area contributed by atoms with Crippen LogP contribution in [-0.2, 0) is 36.6 Å². The van der Waals surface area contributed by atoms with Crippen molar-refractivity contribution in [3.05, 3.63) is 65.0 Å². The van der Waals surface area contributed by atoms with Crippen LogP contribution in [0.25, 0.3) is 0 Å². The maximum atomic E-state index is 14.9. The van der Waals surface area contributed by atoms with E-state index in [0.717, 1.165) is 23.1 Å². The number of amides is 3. The van der Waals surface area contributed by atoms with Crippen molar-refractivity contribution < 1.29 is 41.4 Å². The number of hydrogen-bond acceptors (Lipinski definition) is 6. The van der Waals surface area contributed by atoms with Gasteiger partial charge in [0.15, 0.2) is 6.29 Å². The second-order valence-corrected chi connectivity index (χ2v) is 10.6. The summed E-state index contributed by atoms with van der Waals surface area (Å²) in [5, 5.41) is 11.9. The maximum absolute atomic E-state index is 14.9. The Balaban J connectivity index is 1.62. The van der Waals surface area contributed by atoms with Gasteiger partial charge < -0.3 is 24.6 Å². The smallest absolute Gasteiger partial charge is 0.354 e. The molecule has 2 aliphatic rings. The number of anilines is 1. The topological polar surface area (TPSA) is 112 Å². The number of nitrogens with one attached hydrogen (secondary N) is 1. The van der Waals surface area contributed by atoms with Crippen molar-refractivity contribution in [1.29, 1.82) is 5.26 Å². The standard InChI is InChI=1S/C29H30F4N4O5/c1-17(27(41-2)42-3)35-26(40)20-11-28(12-20)13-24(38)36(23-9-6-19(14-34)10-22(23)30)16-25(39)37(28)15-18-4-7-21(8-5-18)29(31,32)33/h4-10,17,20,27H,11-13,15-16H2,1-3H3,(H,35,40). The van der Waals surface area contributed by atoms with Gasteiger partial charge in [0.25, 0.3) is 0 Å². The molecule has 1 heterocycles. The van der Waals surface area contributed by atoms with Crippen molar-refractivity contribution in [2.24, 2.45) is 5.92 Å². The van der Waals surface area contributed by atoms with Gasteiger partial charge in [0.05, 0.1) is 40.9 Å². The number of alkyl halides is 3. The van der Waals surface area contributed by atoms with Crippen LogP contribution in [0.5, 0.6) is 0 Å². The van der Waals surface area contributed by atoms with Crippen LogP contribution >= 0.6 is 0 Å². The molecule has 4 rings (SSSR count). The minimum absolute atomic E-state index is 0.0384. The molecule has 1 unspecified atom stereocenters. The third-order valence-corrected chi connectivity index (χ3v) is 7.80. The lowest BCUT2D eigenvalue weighted by molar-refractivity contribution is -0.154. The van der Waals surface area contributed by atoms with Gasteiger partial charge in [0.2, 0.25) is 17.7 Å². The van der Waals surface area contributed by atoms with E-state index >= 15 is 0 Å². The van der Waals surface area contributed by atoms with E-state index in [1.165, 1.54) is 43.4 Å². The highest BCUT2D eigenvalue weighted by atomic mass is 19.4. The fourth-order valence-corrected chi connectivity index (χ4v) is 5.62. The van der Waals surface area contributed by atoms with E-state index in [1.54, 1.807) is 6.92 Å². The summed E-state index contributed by atoms with van der Waals surface area (Å²) in [7, 11) is 2.86. The molecule has 0 radical (unpaired) electrons. The van der Waals surface area contributed by atoms with Crippen LogP contribution in [0.15, 0.2) is 42.5 Å². The minimum Gasteiger partial charge on any atom is -0.354 e. The zero-order valence-electron chi connectivity index (χ0n) is 23.2. The SMILES string of the molecule is COC(OC)C(C)NC(=O)C1CC2(CC(=O)N(c3ccc(C#N)cc3F)CC(=O)N2Cc2ccc(C(F)(F)F)cc2)C1. The zero-order chi connectivity index (χ0) is 30.8. The van der Waals surface area contributed by atoms with E-state index in [2.05, 4.69) is 5.32 Å². The minimum atomic E-state index is -4.54. The van der Waals surface area contributed by atoms with Crippen molar-refractivity contribution in [3.8, 4) is 6.07 Å². The first-order valence-electron chi connectivity index (χ1n) is 13.1. The Kier molecular flexibility index (Phi) is 8.89. The molecule has 1 N–H and O–H groups in total. The number of carbonyl (C=O) groups is 3. The average molecular weight is 591 g/mol. The van der Waals surface area contributed by atoms with Gasteiger partial charge in [-0.25, -0.2) is 4.39 Å². The molecule has 0 bridgehead atoms. The van der Waals surface area contributed by atoms with E-state index in [1.807, 2.05) is 6.07 Å². The molecular formula is C29H30F4N4O5. The highest BCUT2D eigenvalue weighted by Gasteiger charge is 2.56. The monoisotopic (exact) mass is 590 g/mol. The Morgan fingerprint density at radius 1 is 1.12 bits per heavy atom. The Morgan fingerprint density at radius 2 is 1.76 bits per heavy atom. The van der Waals surface area contributed by atoms with Gasteiger partial charge in [-0.05, 0) is 55.7 Å². The molecule has 3 amide bonds. The van der Waals surface area contributed by atoms with Crippen LogP contribution < -0.4 is 10.2 Å². The summed E-state index contributed by atoms with van der Waals surface area (Å²) in [5.41, 5.74) is -1.71. The first-order chi connectivity index (χ1) is 19.8. The molecule has 2 fully saturated rings. The van der Waals surface area contributed by atoms with E-state index in [9.17, 15) is 31.9 Å². The van der Waals surface area contributed by atoms with E-state index in [4.69, 9.17) is 14.7 Å². The molecule has 0 aromatic heterocycles. The number of nitriles is 1. The van der Waals surface area contributed by atoms with Crippen molar-refractivity contribution >= 4 is 23.4 Å². The van der Waals surface area contributed by atoms with Gasteiger partial charge in [-0.2, -0.15) is 18.4 Å². The van der Waals surface area contributed by atoms with Crippen LogP contribution in [0, 0.1) is 23.1 Å². The van der Waals surface area contributed by atoms with Gasteiger partial charge in [-0.15, -0.1) is 0 Å². The van der Waals surface area contributed by atoms with Gasteiger partial charge in [0.1, 0.15) is 12.4 Å². The third-order valence-electron chi connectivity index (χ3n) is 7.80. The summed E-state index contributed by atoms with van der Waals surface area (Å²) < 4.78 is 64.6. The summed E-state index contributed by atoms with van der Waals surface area (Å²) in [6.07, 6.45) is -5.25. The highest BCUT2D eigenvalue weighted by molar-refractivity contribution is 6.02. The molecule has 13 heteroatoms. The molecule has 1 aliphatic heterocycles. The molecule has 1 atom stereocenters. The van der Waals surface area contributed by atoms with Gasteiger partial charge in [-0.3, -0.25) is 14.4 Å². The molecule has 1 saturated heterocycles. The van der Waals surface area contributed by atoms with Crippen LogP contribution in [0.4, 0.5) is 23.2 Å². The van der Waals surface area contributed by atoms with Gasteiger partial charge in [-0.1, -0.05) is 12.1 Å². The van der Waals surface area contributed by atoms with Crippen molar-refractivity contribution in [3.63, 3.8) is 0 Å². The summed E-state index contributed by atoms with van der Waals surface area (Å²) in [4.78, 5) is 42.6. The van der Waals surface area contributed by atoms with Crippen LogP contribution in [0.3, 0.4) is 0 Å². The van der Waals surface area contributed by atoms with Crippen molar-refractivity contribution in [2.45, 2.75) is 56.8 Å². The Bertz CT molecular complexity index is 1380. The largest absolute Gasteiger partial charge is 0.416 e. The third kappa shape index (κ3) is 6.24. The number of hydrogen-bond donors (Lipinski definition) is 1. The molecule has 9 nitrogen and oxygen atoms in total. The first-order valence-corrected chi connectivity index (χ1v) is 13.1. The second-order valence-electron chi connectivity index (χ2n) is 10.6. The Morgan fingerprint density at radius 3 is 2.31 bits per heavy atom. The van der Waals surface area contributed by atoms with Crippen molar-refractivity contribution in [1.82, 2.24) is 10.2 Å². The second kappa shape index (κ2) is 12.1. The quantitative estimate of drug-likeness (QED) is 0.370. The first kappa shape index (κ1) is 30.9. The number of halogens is 4. The number of rotatable bonds is 8.